The molecule has 0 spiro atoms. The molecular weight excluding hydrogens is 301 g/mol. The van der Waals surface area contributed by atoms with E-state index in [1.807, 2.05) is 0 Å². The predicted molar refractivity (Wildman–Crippen MR) is 84.5 cm³/mol. The quantitative estimate of drug-likeness (QED) is 0.443. The van der Waals surface area contributed by atoms with Gasteiger partial charge in [0.05, 0.1) is 17.6 Å². The molecule has 0 aliphatic heterocycles. The minimum absolute atomic E-state index is 0.278. The smallest absolute Gasteiger partial charge is 0.195 e. The van der Waals surface area contributed by atoms with Crippen molar-refractivity contribution in [1.29, 1.82) is 0 Å². The number of rotatable bonds is 2. The highest BCUT2D eigenvalue weighted by Gasteiger charge is 2.22. The Bertz CT molecular complexity index is 864. The first-order valence-corrected chi connectivity index (χ1v) is 8.06. The molecule has 22 heavy (non-hydrogen) atoms. The minimum Gasteiger partial charge on any atom is -0.411 e. The van der Waals surface area contributed by atoms with Crippen LogP contribution in [0, 0.1) is 5.82 Å². The molecule has 0 atom stereocenters. The van der Waals surface area contributed by atoms with Gasteiger partial charge in [0.15, 0.2) is 4.96 Å². The molecule has 2 heterocycles. The molecule has 3 aromatic rings. The molecule has 0 amide bonds. The minimum atomic E-state index is -0.278. The standard InChI is InChI=1S/C16H14FN3OS/c17-11-7-5-10(6-8-11)15-13(9-18-21)20-12-3-1-2-4-14(12)22-16(20)19-15/h5-9,21H,1-4H2/b18-9+. The van der Waals surface area contributed by atoms with Crippen LogP contribution in [0.4, 0.5) is 4.39 Å². The summed E-state index contributed by atoms with van der Waals surface area (Å²) in [5, 5.41) is 12.2. The van der Waals surface area contributed by atoms with Gasteiger partial charge in [0.25, 0.3) is 0 Å². The van der Waals surface area contributed by atoms with Crippen LogP contribution in [0.5, 0.6) is 0 Å². The Balaban J connectivity index is 1.97. The maximum Gasteiger partial charge on any atom is 0.195 e. The van der Waals surface area contributed by atoms with E-state index in [0.29, 0.717) is 0 Å². The molecular formula is C16H14FN3OS. The average molecular weight is 315 g/mol. The van der Waals surface area contributed by atoms with Crippen molar-refractivity contribution in [3.8, 4) is 11.3 Å². The van der Waals surface area contributed by atoms with Crippen molar-refractivity contribution in [1.82, 2.24) is 9.38 Å². The summed E-state index contributed by atoms with van der Waals surface area (Å²) in [5.74, 6) is -0.278. The number of aromatic nitrogens is 2. The van der Waals surface area contributed by atoms with E-state index in [-0.39, 0.29) is 5.82 Å². The lowest BCUT2D eigenvalue weighted by Gasteiger charge is -2.11. The second-order valence-corrected chi connectivity index (χ2v) is 6.46. The number of hydrogen-bond acceptors (Lipinski definition) is 4. The molecule has 1 aliphatic rings. The first-order chi connectivity index (χ1) is 10.8. The molecule has 4 nitrogen and oxygen atoms in total. The van der Waals surface area contributed by atoms with Crippen LogP contribution in [0.2, 0.25) is 0 Å². The second kappa shape index (κ2) is 5.21. The zero-order chi connectivity index (χ0) is 15.1. The lowest BCUT2D eigenvalue weighted by Crippen LogP contribution is -2.05. The van der Waals surface area contributed by atoms with Crippen LogP contribution in [-0.4, -0.2) is 20.8 Å². The summed E-state index contributed by atoms with van der Waals surface area (Å²) in [6.07, 6.45) is 5.90. The Morgan fingerprint density at radius 1 is 1.23 bits per heavy atom. The molecule has 1 N–H and O–H groups in total. The van der Waals surface area contributed by atoms with Crippen molar-refractivity contribution in [2.24, 2.45) is 5.16 Å². The Morgan fingerprint density at radius 2 is 2.00 bits per heavy atom. The van der Waals surface area contributed by atoms with E-state index >= 15 is 0 Å². The summed E-state index contributed by atoms with van der Waals surface area (Å²) in [4.78, 5) is 6.96. The van der Waals surface area contributed by atoms with E-state index in [9.17, 15) is 4.39 Å². The van der Waals surface area contributed by atoms with Crippen molar-refractivity contribution >= 4 is 22.5 Å². The molecule has 4 rings (SSSR count). The Kier molecular flexibility index (Phi) is 3.18. The molecule has 0 fully saturated rings. The fourth-order valence-electron chi connectivity index (χ4n) is 3.05. The number of nitrogens with zero attached hydrogens (tertiary/aromatic N) is 3. The van der Waals surface area contributed by atoms with Crippen LogP contribution in [0.3, 0.4) is 0 Å². The Morgan fingerprint density at radius 3 is 2.77 bits per heavy atom. The molecule has 112 valence electrons. The van der Waals surface area contributed by atoms with Crippen LogP contribution >= 0.6 is 11.3 Å². The number of benzene rings is 1. The van der Waals surface area contributed by atoms with E-state index in [4.69, 9.17) is 10.2 Å². The zero-order valence-electron chi connectivity index (χ0n) is 11.8. The number of thiazole rings is 1. The van der Waals surface area contributed by atoms with Crippen molar-refractivity contribution in [2.75, 3.05) is 0 Å². The first kappa shape index (κ1) is 13.5. The van der Waals surface area contributed by atoms with E-state index in [1.54, 1.807) is 23.5 Å². The van der Waals surface area contributed by atoms with Gasteiger partial charge >= 0.3 is 0 Å². The second-order valence-electron chi connectivity index (χ2n) is 5.39. The largest absolute Gasteiger partial charge is 0.411 e. The van der Waals surface area contributed by atoms with Crippen LogP contribution in [0.25, 0.3) is 16.2 Å². The number of fused-ring (bicyclic) bond motifs is 3. The highest BCUT2D eigenvalue weighted by Crippen LogP contribution is 2.34. The van der Waals surface area contributed by atoms with Gasteiger partial charge in [-0.15, -0.1) is 11.3 Å². The summed E-state index contributed by atoms with van der Waals surface area (Å²) in [6.45, 7) is 0. The van der Waals surface area contributed by atoms with Crippen molar-refractivity contribution in [3.63, 3.8) is 0 Å². The SMILES string of the molecule is O/N=C/c1c(-c2ccc(F)cc2)nc2sc3c(n12)CCCC3. The molecule has 1 aromatic carbocycles. The van der Waals surface area contributed by atoms with Gasteiger partial charge in [-0.1, -0.05) is 5.16 Å². The molecule has 0 bridgehead atoms. The summed E-state index contributed by atoms with van der Waals surface area (Å²) in [6, 6.07) is 6.22. The predicted octanol–water partition coefficient (Wildman–Crippen LogP) is 3.89. The normalized spacial score (nSPS) is 14.8. The summed E-state index contributed by atoms with van der Waals surface area (Å²) in [5.41, 5.74) is 3.56. The van der Waals surface area contributed by atoms with Gasteiger partial charge in [0.2, 0.25) is 0 Å². The van der Waals surface area contributed by atoms with E-state index < -0.39 is 0 Å². The van der Waals surface area contributed by atoms with Crippen molar-refractivity contribution < 1.29 is 9.60 Å². The molecule has 1 aliphatic carbocycles. The third kappa shape index (κ3) is 2.02. The monoisotopic (exact) mass is 315 g/mol. The number of hydrogen-bond donors (Lipinski definition) is 1. The molecule has 6 heteroatoms. The van der Waals surface area contributed by atoms with E-state index in [0.717, 1.165) is 34.8 Å². The summed E-state index contributed by atoms with van der Waals surface area (Å²) in [7, 11) is 0. The van der Waals surface area contributed by atoms with Crippen molar-refractivity contribution in [2.45, 2.75) is 25.7 Å². The fourth-order valence-corrected chi connectivity index (χ4v) is 4.27. The molecule has 0 unspecified atom stereocenters. The van der Waals surface area contributed by atoms with Gasteiger partial charge < -0.3 is 5.21 Å². The molecule has 0 saturated heterocycles. The van der Waals surface area contributed by atoms with Gasteiger partial charge in [-0.3, -0.25) is 4.40 Å². The zero-order valence-corrected chi connectivity index (χ0v) is 12.6. The van der Waals surface area contributed by atoms with Gasteiger partial charge in [-0.05, 0) is 49.9 Å². The van der Waals surface area contributed by atoms with Crippen LogP contribution in [0.1, 0.15) is 29.1 Å². The number of oxime groups is 1. The number of halogens is 1. The average Bonchev–Trinajstić information content (AvgIpc) is 3.05. The van der Waals surface area contributed by atoms with Gasteiger partial charge in [-0.25, -0.2) is 9.37 Å². The maximum atomic E-state index is 13.1. The third-order valence-electron chi connectivity index (χ3n) is 4.05. The molecule has 0 radical (unpaired) electrons. The summed E-state index contributed by atoms with van der Waals surface area (Å²) < 4.78 is 15.2. The van der Waals surface area contributed by atoms with Gasteiger partial charge in [0, 0.05) is 16.1 Å². The van der Waals surface area contributed by atoms with E-state index in [2.05, 4.69) is 9.56 Å². The number of aryl methyl sites for hydroxylation is 2. The summed E-state index contributed by atoms with van der Waals surface area (Å²) >= 11 is 1.69. The van der Waals surface area contributed by atoms with Crippen LogP contribution in [-0.2, 0) is 12.8 Å². The van der Waals surface area contributed by atoms with Crippen molar-refractivity contribution in [3.05, 3.63) is 46.3 Å². The highest BCUT2D eigenvalue weighted by atomic mass is 32.1. The van der Waals surface area contributed by atoms with Gasteiger partial charge in [0.1, 0.15) is 5.82 Å². The van der Waals surface area contributed by atoms with Crippen LogP contribution in [0.15, 0.2) is 29.4 Å². The highest BCUT2D eigenvalue weighted by molar-refractivity contribution is 7.17. The topological polar surface area (TPSA) is 49.9 Å². The maximum absolute atomic E-state index is 13.1. The molecule has 0 saturated carbocycles. The first-order valence-electron chi connectivity index (χ1n) is 7.24. The third-order valence-corrected chi connectivity index (χ3v) is 5.20. The lowest BCUT2D eigenvalue weighted by molar-refractivity contribution is 0.321. The fraction of sp³-hybridized carbons (Fsp3) is 0.250. The Hall–Kier alpha value is -2.21. The number of imidazole rings is 1. The molecule has 2 aromatic heterocycles. The Labute approximate surface area is 130 Å². The van der Waals surface area contributed by atoms with Gasteiger partial charge in [-0.2, -0.15) is 0 Å². The lowest BCUT2D eigenvalue weighted by atomic mass is 10.0. The van der Waals surface area contributed by atoms with E-state index in [1.165, 1.54) is 41.8 Å². The van der Waals surface area contributed by atoms with Crippen LogP contribution < -0.4 is 0 Å².